The molecular formula is C15H24N3S+. The normalized spacial score (nSPS) is 14.4. The molecule has 0 atom stereocenters. The maximum atomic E-state index is 5.54. The molecule has 0 saturated carbocycles. The monoisotopic (exact) mass is 278 g/mol. The van der Waals surface area contributed by atoms with Crippen molar-refractivity contribution in [1.82, 2.24) is 5.32 Å². The molecule has 19 heavy (non-hydrogen) atoms. The Morgan fingerprint density at radius 1 is 1.42 bits per heavy atom. The molecule has 1 aromatic carbocycles. The number of thiocarbonyl (C=S) groups is 1. The van der Waals surface area contributed by atoms with Crippen LogP contribution in [0.4, 0.5) is 5.69 Å². The lowest BCUT2D eigenvalue weighted by molar-refractivity contribution is -0.856. The molecule has 1 aromatic rings. The summed E-state index contributed by atoms with van der Waals surface area (Å²) in [5.74, 6) is 0. The molecule has 1 aliphatic heterocycles. The Labute approximate surface area is 121 Å². The number of benzene rings is 1. The first kappa shape index (κ1) is 14.3. The summed E-state index contributed by atoms with van der Waals surface area (Å²) in [5, 5.41) is 4.24. The van der Waals surface area contributed by atoms with Crippen LogP contribution >= 0.6 is 12.2 Å². The standard InChI is InChI=1S/C15H23N3S/c1-12-6-7-14-13(11-12)5-4-9-18(14)15(19)16-8-10-17(2)3/h6-7,11H,4-5,8-10H2,1-3H3,(H,16,19)/p+1. The average molecular weight is 278 g/mol. The summed E-state index contributed by atoms with van der Waals surface area (Å²) in [5.41, 5.74) is 4.04. The molecule has 0 saturated heterocycles. The van der Waals surface area contributed by atoms with E-state index in [2.05, 4.69) is 49.4 Å². The molecule has 0 fully saturated rings. The molecule has 0 aromatic heterocycles. The number of quaternary nitrogens is 1. The molecule has 3 nitrogen and oxygen atoms in total. The summed E-state index contributed by atoms with van der Waals surface area (Å²) in [6.07, 6.45) is 2.34. The van der Waals surface area contributed by atoms with Gasteiger partial charge in [0.2, 0.25) is 0 Å². The van der Waals surface area contributed by atoms with E-state index >= 15 is 0 Å². The summed E-state index contributed by atoms with van der Waals surface area (Å²) in [6.45, 7) is 5.18. The molecule has 2 N–H and O–H groups in total. The molecule has 0 bridgehead atoms. The quantitative estimate of drug-likeness (QED) is 0.797. The molecule has 0 radical (unpaired) electrons. The third kappa shape index (κ3) is 3.67. The smallest absolute Gasteiger partial charge is 0.173 e. The van der Waals surface area contributed by atoms with Gasteiger partial charge in [-0.3, -0.25) is 0 Å². The lowest BCUT2D eigenvalue weighted by Gasteiger charge is -2.32. The lowest BCUT2D eigenvalue weighted by atomic mass is 10.00. The van der Waals surface area contributed by atoms with Gasteiger partial charge in [0.05, 0.1) is 27.2 Å². The second kappa shape index (κ2) is 6.35. The van der Waals surface area contributed by atoms with Crippen molar-refractivity contribution in [1.29, 1.82) is 0 Å². The minimum absolute atomic E-state index is 0.867. The van der Waals surface area contributed by atoms with Gasteiger partial charge in [-0.15, -0.1) is 0 Å². The third-order valence-corrected chi connectivity index (χ3v) is 3.86. The van der Waals surface area contributed by atoms with Crippen molar-refractivity contribution >= 4 is 23.0 Å². The molecule has 1 aliphatic rings. The summed E-state index contributed by atoms with van der Waals surface area (Å²) in [7, 11) is 4.31. The number of hydrogen-bond donors (Lipinski definition) is 2. The van der Waals surface area contributed by atoms with Crippen molar-refractivity contribution in [2.45, 2.75) is 19.8 Å². The van der Waals surface area contributed by atoms with Crippen LogP contribution in [0.1, 0.15) is 17.5 Å². The minimum Gasteiger partial charge on any atom is -0.357 e. The molecular weight excluding hydrogens is 254 g/mol. The van der Waals surface area contributed by atoms with Crippen LogP contribution in [0.25, 0.3) is 0 Å². The predicted octanol–water partition coefficient (Wildman–Crippen LogP) is 0.767. The number of anilines is 1. The number of hydrogen-bond acceptors (Lipinski definition) is 1. The van der Waals surface area contributed by atoms with Gasteiger partial charge in [-0.2, -0.15) is 0 Å². The predicted molar refractivity (Wildman–Crippen MR) is 85.1 cm³/mol. The van der Waals surface area contributed by atoms with Crippen molar-refractivity contribution < 1.29 is 4.90 Å². The highest BCUT2D eigenvalue weighted by Gasteiger charge is 2.19. The van der Waals surface area contributed by atoms with Crippen LogP contribution in [0, 0.1) is 6.92 Å². The first-order valence-corrected chi connectivity index (χ1v) is 7.42. The van der Waals surface area contributed by atoms with E-state index in [1.54, 1.807) is 0 Å². The largest absolute Gasteiger partial charge is 0.357 e. The highest BCUT2D eigenvalue weighted by molar-refractivity contribution is 7.80. The number of likely N-dealkylation sites (N-methyl/N-ethyl adjacent to an activating group) is 1. The van der Waals surface area contributed by atoms with Gasteiger partial charge < -0.3 is 15.1 Å². The van der Waals surface area contributed by atoms with Crippen LogP contribution in [-0.4, -0.2) is 38.8 Å². The van der Waals surface area contributed by atoms with Crippen molar-refractivity contribution in [3.05, 3.63) is 29.3 Å². The summed E-state index contributed by atoms with van der Waals surface area (Å²) >= 11 is 5.54. The maximum Gasteiger partial charge on any atom is 0.173 e. The molecule has 1 heterocycles. The molecule has 0 spiro atoms. The lowest BCUT2D eigenvalue weighted by Crippen LogP contribution is -3.06. The van der Waals surface area contributed by atoms with Crippen molar-refractivity contribution in [2.24, 2.45) is 0 Å². The van der Waals surface area contributed by atoms with Crippen LogP contribution in [0.3, 0.4) is 0 Å². The second-order valence-electron chi connectivity index (χ2n) is 5.58. The van der Waals surface area contributed by atoms with E-state index in [1.807, 2.05) is 0 Å². The van der Waals surface area contributed by atoms with Crippen LogP contribution in [0.2, 0.25) is 0 Å². The Balaban J connectivity index is 2.04. The zero-order valence-corrected chi connectivity index (χ0v) is 12.9. The van der Waals surface area contributed by atoms with Gasteiger partial charge >= 0.3 is 0 Å². The maximum absolute atomic E-state index is 5.54. The number of nitrogens with zero attached hydrogens (tertiary/aromatic N) is 1. The van der Waals surface area contributed by atoms with E-state index in [-0.39, 0.29) is 0 Å². The first-order chi connectivity index (χ1) is 9.08. The number of aryl methyl sites for hydroxylation is 2. The molecule has 0 amide bonds. The van der Waals surface area contributed by atoms with Crippen LogP contribution in [0.15, 0.2) is 18.2 Å². The van der Waals surface area contributed by atoms with E-state index < -0.39 is 0 Å². The molecule has 2 rings (SSSR count). The Morgan fingerprint density at radius 3 is 2.95 bits per heavy atom. The Kier molecular flexibility index (Phi) is 4.77. The van der Waals surface area contributed by atoms with Gasteiger partial charge in [0.1, 0.15) is 0 Å². The van der Waals surface area contributed by atoms with Crippen molar-refractivity contribution in [3.8, 4) is 0 Å². The Bertz CT molecular complexity index is 457. The van der Waals surface area contributed by atoms with Crippen molar-refractivity contribution in [3.63, 3.8) is 0 Å². The Hall–Kier alpha value is -1.13. The zero-order valence-electron chi connectivity index (χ0n) is 12.1. The fourth-order valence-corrected chi connectivity index (χ4v) is 2.74. The van der Waals surface area contributed by atoms with Crippen molar-refractivity contribution in [2.75, 3.05) is 38.6 Å². The average Bonchev–Trinajstić information content (AvgIpc) is 2.37. The fourth-order valence-electron chi connectivity index (χ4n) is 2.45. The van der Waals surface area contributed by atoms with E-state index in [0.29, 0.717) is 0 Å². The van der Waals surface area contributed by atoms with E-state index in [0.717, 1.165) is 31.2 Å². The zero-order chi connectivity index (χ0) is 13.8. The van der Waals surface area contributed by atoms with Gasteiger partial charge in [0, 0.05) is 12.2 Å². The summed E-state index contributed by atoms with van der Waals surface area (Å²) < 4.78 is 0. The van der Waals surface area contributed by atoms with E-state index in [4.69, 9.17) is 12.2 Å². The van der Waals surface area contributed by atoms with Crippen LogP contribution in [-0.2, 0) is 6.42 Å². The highest BCUT2D eigenvalue weighted by Crippen LogP contribution is 2.27. The van der Waals surface area contributed by atoms with Gasteiger partial charge in [-0.25, -0.2) is 0 Å². The number of rotatable bonds is 3. The van der Waals surface area contributed by atoms with E-state index in [9.17, 15) is 0 Å². The molecule has 104 valence electrons. The summed E-state index contributed by atoms with van der Waals surface area (Å²) in [4.78, 5) is 3.68. The highest BCUT2D eigenvalue weighted by atomic mass is 32.1. The SMILES string of the molecule is Cc1ccc2c(c1)CCCN2C(=S)NCC[NH+](C)C. The number of nitrogens with one attached hydrogen (secondary N) is 2. The second-order valence-corrected chi connectivity index (χ2v) is 5.96. The van der Waals surface area contributed by atoms with Crippen LogP contribution < -0.4 is 15.1 Å². The van der Waals surface area contributed by atoms with Gasteiger partial charge in [-0.1, -0.05) is 17.7 Å². The first-order valence-electron chi connectivity index (χ1n) is 7.02. The van der Waals surface area contributed by atoms with Gasteiger partial charge in [0.15, 0.2) is 5.11 Å². The minimum atomic E-state index is 0.867. The Morgan fingerprint density at radius 2 is 2.21 bits per heavy atom. The topological polar surface area (TPSA) is 19.7 Å². The molecule has 0 aliphatic carbocycles. The third-order valence-electron chi connectivity index (χ3n) is 3.50. The molecule has 4 heteroatoms. The van der Waals surface area contributed by atoms with Crippen LogP contribution in [0.5, 0.6) is 0 Å². The van der Waals surface area contributed by atoms with Gasteiger partial charge in [0.25, 0.3) is 0 Å². The molecule has 0 unspecified atom stereocenters. The van der Waals surface area contributed by atoms with E-state index in [1.165, 1.54) is 28.1 Å². The van der Waals surface area contributed by atoms with Gasteiger partial charge in [-0.05, 0) is 43.6 Å². The number of fused-ring (bicyclic) bond motifs is 1. The summed E-state index contributed by atoms with van der Waals surface area (Å²) in [6, 6.07) is 6.66. The fraction of sp³-hybridized carbons (Fsp3) is 0.533.